The highest BCUT2D eigenvalue weighted by Crippen LogP contribution is 2.38. The molecule has 5 heterocycles. The molecule has 4 atom stereocenters. The highest BCUT2D eigenvalue weighted by Gasteiger charge is 2.39. The number of aromatic nitrogens is 4. The summed E-state index contributed by atoms with van der Waals surface area (Å²) in [6.07, 6.45) is 146. The van der Waals surface area contributed by atoms with Gasteiger partial charge in [-0.15, -0.1) is 0 Å². The molecule has 3 aromatic rings. The van der Waals surface area contributed by atoms with E-state index < -0.39 is 32.3 Å². The van der Waals surface area contributed by atoms with Crippen molar-refractivity contribution in [1.82, 2.24) is 19.9 Å². The largest absolute Gasteiger partial charge is 0.356 e. The van der Waals surface area contributed by atoms with E-state index in [1.54, 1.807) is 20.7 Å². The zero-order valence-corrected chi connectivity index (χ0v) is 108. The summed E-state index contributed by atoms with van der Waals surface area (Å²) < 4.78 is 0. The average Bonchev–Trinajstić information content (AvgIpc) is 1.59. The number of aromatic amines is 2. The minimum atomic E-state index is -2.35. The van der Waals surface area contributed by atoms with Gasteiger partial charge in [0.15, 0.2) is 0 Å². The lowest BCUT2D eigenvalue weighted by atomic mass is 9.95. The molecular weight excluding hydrogens is 1850 g/mol. The number of unbranched alkanes of at least 4 members (excludes halogenated alkanes) is 80. The first-order valence-corrected chi connectivity index (χ1v) is 81.3. The first kappa shape index (κ1) is 136. The van der Waals surface area contributed by atoms with Crippen LogP contribution < -0.4 is 20.7 Å². The van der Waals surface area contributed by atoms with E-state index in [1.807, 2.05) is 0 Å². The summed E-state index contributed by atoms with van der Waals surface area (Å²) in [6.45, 7) is 41.7. The van der Waals surface area contributed by atoms with Crippen LogP contribution in [0.3, 0.4) is 0 Å². The molecule has 0 aliphatic carbocycles. The van der Waals surface area contributed by atoms with Crippen LogP contribution in [0.2, 0.25) is 76.6 Å². The predicted molar refractivity (Wildman–Crippen MR) is 689 cm³/mol. The molecule has 0 saturated carbocycles. The summed E-state index contributed by atoms with van der Waals surface area (Å²) in [7, 11) is -9.32. The van der Waals surface area contributed by atoms with Crippen molar-refractivity contribution in [2.75, 3.05) is 0 Å². The Morgan fingerprint density at radius 1 is 0.155 bits per heavy atom. The van der Waals surface area contributed by atoms with E-state index in [4.69, 9.17) is 9.97 Å². The normalized spacial score (nSPS) is 13.5. The maximum Gasteiger partial charge on any atom is 0.0865 e. The number of rotatable bonds is 108. The molecule has 2 aliphatic rings. The Labute approximate surface area is 931 Å². The Balaban J connectivity index is 1.84. The zero-order chi connectivity index (χ0) is 106. The molecule has 4 unspecified atom stereocenters. The second-order valence-electron chi connectivity index (χ2n) is 52.9. The van der Waals surface area contributed by atoms with Crippen molar-refractivity contribution in [2.45, 2.75) is 748 Å². The van der Waals surface area contributed by atoms with E-state index in [-0.39, 0.29) is 0 Å². The summed E-state index contributed by atoms with van der Waals surface area (Å²) in [4.78, 5) is 22.3. The fourth-order valence-corrected chi connectivity index (χ4v) is 42.6. The van der Waals surface area contributed by atoms with Crippen LogP contribution in [0.1, 0.15) is 695 Å². The molecule has 8 bridgehead atoms. The molecule has 0 radical (unpaired) electrons. The molecule has 3 aromatic heterocycles. The Hall–Kier alpha value is -2.53. The second-order valence-corrected chi connectivity index (χ2v) is 71.6. The Kier molecular flexibility index (Phi) is 82.9. The van der Waals surface area contributed by atoms with E-state index >= 15 is 0 Å². The van der Waals surface area contributed by atoms with Crippen LogP contribution in [-0.4, -0.2) is 52.2 Å². The molecule has 2 N–H and O–H groups in total. The first-order valence-electron chi connectivity index (χ1n) is 68.5. The van der Waals surface area contributed by atoms with Gasteiger partial charge in [-0.3, -0.25) is 0 Å². The molecular formula is C140H262N4Si4. The van der Waals surface area contributed by atoms with Crippen LogP contribution in [0.4, 0.5) is 0 Å². The summed E-state index contributed by atoms with van der Waals surface area (Å²) >= 11 is 0. The molecule has 0 fully saturated rings. The fourth-order valence-electron chi connectivity index (χ4n) is 27.5. The minimum Gasteiger partial charge on any atom is -0.356 e. The van der Waals surface area contributed by atoms with Gasteiger partial charge in [0, 0.05) is 22.1 Å². The van der Waals surface area contributed by atoms with Crippen molar-refractivity contribution in [3.05, 3.63) is 47.0 Å². The van der Waals surface area contributed by atoms with Crippen LogP contribution in [0, 0.1) is 23.7 Å². The second kappa shape index (κ2) is 90.3. The fraction of sp³-hybridized carbons (Fsp3) is 0.857. The van der Waals surface area contributed by atoms with Gasteiger partial charge in [-0.05, 0) is 93.0 Å². The smallest absolute Gasteiger partial charge is 0.0865 e. The van der Waals surface area contributed by atoms with Crippen LogP contribution in [-0.2, 0) is 0 Å². The summed E-state index contributed by atoms with van der Waals surface area (Å²) in [5.74, 6) is 2.94. The van der Waals surface area contributed by atoms with Crippen molar-refractivity contribution in [3.63, 3.8) is 0 Å². The van der Waals surface area contributed by atoms with Crippen molar-refractivity contribution in [3.8, 4) is 0 Å². The van der Waals surface area contributed by atoms with Gasteiger partial charge < -0.3 is 9.97 Å². The lowest BCUT2D eigenvalue weighted by Gasteiger charge is -2.31. The number of nitrogens with one attached hydrogen (secondary N) is 2. The van der Waals surface area contributed by atoms with E-state index in [2.05, 4.69) is 166 Å². The van der Waals surface area contributed by atoms with Gasteiger partial charge in [0.05, 0.1) is 55.1 Å². The molecule has 148 heavy (non-hydrogen) atoms. The number of nitrogens with zero attached hydrogens (tertiary/aromatic N) is 2. The van der Waals surface area contributed by atoms with Gasteiger partial charge >= 0.3 is 0 Å². The van der Waals surface area contributed by atoms with Gasteiger partial charge in [-0.1, -0.05) is 748 Å². The number of fused-ring (bicyclic) bond motifs is 8. The number of hydrogen-bond acceptors (Lipinski definition) is 2. The van der Waals surface area contributed by atoms with E-state index in [9.17, 15) is 0 Å². The third kappa shape index (κ3) is 63.9. The number of H-pyrrole nitrogens is 2. The molecule has 2 aliphatic heterocycles. The Bertz CT molecular complexity index is 3600. The molecule has 0 aromatic carbocycles. The molecule has 0 amide bonds. The molecule has 5 rings (SSSR count). The maximum absolute atomic E-state index is 6.48. The summed E-state index contributed by atoms with van der Waals surface area (Å²) in [6, 6.07) is 16.0. The number of hydrogen-bond donors (Lipinski definition) is 2. The monoisotopic (exact) mass is 2110 g/mol. The topological polar surface area (TPSA) is 57.4 Å². The van der Waals surface area contributed by atoms with E-state index in [0.717, 1.165) is 23.7 Å². The van der Waals surface area contributed by atoms with E-state index in [0.29, 0.717) is 0 Å². The van der Waals surface area contributed by atoms with E-state index in [1.165, 1.54) is 685 Å². The first-order chi connectivity index (χ1) is 72.3. The van der Waals surface area contributed by atoms with Crippen molar-refractivity contribution in [1.29, 1.82) is 0 Å². The zero-order valence-electron chi connectivity index (χ0n) is 104. The van der Waals surface area contributed by atoms with Gasteiger partial charge in [0.1, 0.15) is 0 Å². The highest BCUT2D eigenvalue weighted by molar-refractivity contribution is 6.94. The maximum atomic E-state index is 6.48. The van der Waals surface area contributed by atoms with Crippen molar-refractivity contribution >= 4 is 99.4 Å². The Morgan fingerprint density at radius 2 is 0.270 bits per heavy atom. The SMILES string of the molecule is CCCCCCCCCCCCCCC(CCCCCCCCCCCC)C[Si](C)(C)c1c2nc(c([Si](C)(C)CC(CCCCCCCCCCCC)CCCCCCCCCCCCCC)c3ccc([nH]3)c([Si](C)(C)CC(CCCCCCCCCCCC)CCCCCCCCCCCCCC)c3ccc([nH]3)c([Si](C)(C)CC(CCCCCCCCCCCC)CCCCCCCCCCCCCC)c3nc1C=C3)C=C2. The molecule has 4 nitrogen and oxygen atoms in total. The predicted octanol–water partition coefficient (Wildman–Crippen LogP) is 48.4. The quantitative estimate of drug-likeness (QED) is 0.0301. The van der Waals surface area contributed by atoms with Crippen LogP contribution in [0.25, 0.3) is 46.4 Å². The summed E-state index contributed by atoms with van der Waals surface area (Å²) in [5, 5.41) is 6.43. The van der Waals surface area contributed by atoms with Gasteiger partial charge in [-0.2, -0.15) is 0 Å². The molecule has 0 spiro atoms. The highest BCUT2D eigenvalue weighted by atomic mass is 28.3. The van der Waals surface area contributed by atoms with Gasteiger partial charge in [0.2, 0.25) is 0 Å². The standard InChI is InChI=1S/C140H262N4Si4/c1-17-25-33-41-49-57-65-69-77-85-93-101-109-125(105-97-89-81-73-61-53-45-37-29-21-5)121-145(9,10)137-129-113-115-131(141-129)138(146(11,12)122-126(106-98-90-82-74-62-54-46-38-30-22-6)110-102-94-86-78-70-66-58-50-42-34-26-18-2)133-117-119-135(143-133)140(148(15,16)124-128(108-100-92-84-76-64-56-48-40-32-24-8)112-104-96-88-80-72-68-60-52-44-36-28-20-4)136-120-118-134(144-136)139(132-116-114-130(137)142-132)147(13,14)123-127(107-99-91-83-75-63-55-47-39-31-23-7)111-103-95-87-79-71-67-59-51-43-35-27-19-3/h113-120,125-128,141-142H,17-112,121-124H2,1-16H3. The van der Waals surface area contributed by atoms with Crippen molar-refractivity contribution < 1.29 is 0 Å². The van der Waals surface area contributed by atoms with Gasteiger partial charge in [0.25, 0.3) is 0 Å². The molecule has 8 heteroatoms. The van der Waals surface area contributed by atoms with Crippen LogP contribution in [0.15, 0.2) is 24.3 Å². The third-order valence-corrected chi connectivity index (χ3v) is 50.3. The Morgan fingerprint density at radius 3 is 0.419 bits per heavy atom. The average molecular weight is 2110 g/mol. The van der Waals surface area contributed by atoms with Gasteiger partial charge in [-0.25, -0.2) is 9.97 Å². The minimum absolute atomic E-state index is 0.727. The molecule has 858 valence electrons. The van der Waals surface area contributed by atoms with Crippen molar-refractivity contribution in [2.24, 2.45) is 23.7 Å². The summed E-state index contributed by atoms with van der Waals surface area (Å²) in [5.41, 5.74) is 10.8. The lowest BCUT2D eigenvalue weighted by Crippen LogP contribution is -2.47. The van der Waals surface area contributed by atoms with Crippen LogP contribution in [0.5, 0.6) is 0 Å². The molecule has 0 saturated heterocycles. The van der Waals surface area contributed by atoms with Crippen LogP contribution >= 0.6 is 0 Å². The lowest BCUT2D eigenvalue weighted by molar-refractivity contribution is 0.426. The third-order valence-electron chi connectivity index (χ3n) is 36.4.